The third-order valence-corrected chi connectivity index (χ3v) is 8.40. The molecule has 9 heteroatoms. The predicted octanol–water partition coefficient (Wildman–Crippen LogP) is 5.64. The van der Waals surface area contributed by atoms with Gasteiger partial charge in [0.1, 0.15) is 0 Å². The molecule has 0 atom stereocenters. The molecule has 4 aromatic rings. The van der Waals surface area contributed by atoms with E-state index in [0.717, 1.165) is 15.6 Å². The summed E-state index contributed by atoms with van der Waals surface area (Å²) >= 11 is 1.33. The van der Waals surface area contributed by atoms with E-state index in [1.807, 2.05) is 13.0 Å². The SMILES string of the molecule is CCN(c1ccc2sc(C(=O)Nc3ccc(NC(C)=O)cc3)cc2c1)S(=O)(=O)c1ccc(C)cc1. The van der Waals surface area contributed by atoms with E-state index in [9.17, 15) is 18.0 Å². The molecule has 0 saturated heterocycles. The summed E-state index contributed by atoms with van der Waals surface area (Å²) in [7, 11) is -3.72. The standard InChI is InChI=1S/C26H25N3O4S2/c1-4-29(35(32,33)23-12-5-17(2)6-13-23)22-11-14-24-19(15-22)16-25(34-24)26(31)28-21-9-7-20(8-10-21)27-18(3)30/h5-16H,4H2,1-3H3,(H,27,30)(H,28,31). The van der Waals surface area contributed by atoms with Crippen LogP contribution in [0.1, 0.15) is 29.1 Å². The molecule has 0 aliphatic rings. The second-order valence-electron chi connectivity index (χ2n) is 8.03. The number of sulfonamides is 1. The lowest BCUT2D eigenvalue weighted by molar-refractivity contribution is -0.114. The van der Waals surface area contributed by atoms with E-state index in [0.29, 0.717) is 21.9 Å². The van der Waals surface area contributed by atoms with Gasteiger partial charge in [0.25, 0.3) is 15.9 Å². The van der Waals surface area contributed by atoms with Gasteiger partial charge in [0.05, 0.1) is 15.5 Å². The summed E-state index contributed by atoms with van der Waals surface area (Å²) in [5.74, 6) is -0.431. The Kier molecular flexibility index (Phi) is 6.90. The number of hydrogen-bond donors (Lipinski definition) is 2. The fraction of sp³-hybridized carbons (Fsp3) is 0.154. The highest BCUT2D eigenvalue weighted by Crippen LogP contribution is 2.32. The smallest absolute Gasteiger partial charge is 0.265 e. The quantitative estimate of drug-likeness (QED) is 0.339. The van der Waals surface area contributed by atoms with Gasteiger partial charge in [-0.2, -0.15) is 0 Å². The molecular weight excluding hydrogens is 482 g/mol. The van der Waals surface area contributed by atoms with E-state index in [1.54, 1.807) is 73.7 Å². The number of nitrogens with one attached hydrogen (secondary N) is 2. The van der Waals surface area contributed by atoms with Crippen molar-refractivity contribution in [2.45, 2.75) is 25.7 Å². The molecule has 1 heterocycles. The molecular formula is C26H25N3O4S2. The number of benzene rings is 3. The Morgan fingerprint density at radius 3 is 2.11 bits per heavy atom. The Morgan fingerprint density at radius 1 is 0.886 bits per heavy atom. The van der Waals surface area contributed by atoms with Crippen molar-refractivity contribution in [3.8, 4) is 0 Å². The molecule has 2 N–H and O–H groups in total. The maximum Gasteiger partial charge on any atom is 0.265 e. The van der Waals surface area contributed by atoms with E-state index in [4.69, 9.17) is 0 Å². The Hall–Kier alpha value is -3.69. The molecule has 35 heavy (non-hydrogen) atoms. The Balaban J connectivity index is 1.57. The van der Waals surface area contributed by atoms with Crippen molar-refractivity contribution in [3.05, 3.63) is 83.2 Å². The molecule has 0 fully saturated rings. The summed E-state index contributed by atoms with van der Waals surface area (Å²) in [6, 6.07) is 20.8. The average Bonchev–Trinajstić information content (AvgIpc) is 3.24. The van der Waals surface area contributed by atoms with Crippen molar-refractivity contribution in [2.75, 3.05) is 21.5 Å². The number of amides is 2. The van der Waals surface area contributed by atoms with Crippen LogP contribution in [0.5, 0.6) is 0 Å². The first-order valence-corrected chi connectivity index (χ1v) is 13.2. The van der Waals surface area contributed by atoms with Gasteiger partial charge in [0.2, 0.25) is 5.91 Å². The minimum Gasteiger partial charge on any atom is -0.326 e. The molecule has 2 amide bonds. The topological polar surface area (TPSA) is 95.6 Å². The molecule has 0 saturated carbocycles. The second-order valence-corrected chi connectivity index (χ2v) is 11.0. The van der Waals surface area contributed by atoms with E-state index in [2.05, 4.69) is 10.6 Å². The monoisotopic (exact) mass is 507 g/mol. The Bertz CT molecular complexity index is 1490. The summed E-state index contributed by atoms with van der Waals surface area (Å²) in [5.41, 5.74) is 2.77. The lowest BCUT2D eigenvalue weighted by atomic mass is 10.2. The number of rotatable bonds is 7. The normalized spacial score (nSPS) is 11.3. The molecule has 0 unspecified atom stereocenters. The van der Waals surface area contributed by atoms with Gasteiger partial charge in [0.15, 0.2) is 0 Å². The van der Waals surface area contributed by atoms with Gasteiger partial charge in [-0.1, -0.05) is 17.7 Å². The average molecular weight is 508 g/mol. The molecule has 7 nitrogen and oxygen atoms in total. The highest BCUT2D eigenvalue weighted by molar-refractivity contribution is 7.92. The molecule has 3 aromatic carbocycles. The van der Waals surface area contributed by atoms with Crippen LogP contribution in [0.3, 0.4) is 0 Å². The summed E-state index contributed by atoms with van der Waals surface area (Å²) in [5, 5.41) is 6.32. The van der Waals surface area contributed by atoms with Crippen LogP contribution in [0.25, 0.3) is 10.1 Å². The van der Waals surface area contributed by atoms with Crippen molar-refractivity contribution in [2.24, 2.45) is 0 Å². The second kappa shape index (κ2) is 9.89. The number of carbonyl (C=O) groups excluding carboxylic acids is 2. The zero-order valence-corrected chi connectivity index (χ0v) is 21.2. The van der Waals surface area contributed by atoms with Crippen LogP contribution in [0.15, 0.2) is 77.7 Å². The van der Waals surface area contributed by atoms with Crippen molar-refractivity contribution in [1.82, 2.24) is 0 Å². The zero-order chi connectivity index (χ0) is 25.2. The van der Waals surface area contributed by atoms with Crippen molar-refractivity contribution in [3.63, 3.8) is 0 Å². The van der Waals surface area contributed by atoms with Gasteiger partial charge in [-0.05, 0) is 79.9 Å². The van der Waals surface area contributed by atoms with Crippen molar-refractivity contribution < 1.29 is 18.0 Å². The third kappa shape index (κ3) is 5.36. The van der Waals surface area contributed by atoms with E-state index in [-0.39, 0.29) is 23.3 Å². The van der Waals surface area contributed by atoms with Crippen LogP contribution < -0.4 is 14.9 Å². The van der Waals surface area contributed by atoms with Crippen LogP contribution in [0.4, 0.5) is 17.1 Å². The fourth-order valence-corrected chi connectivity index (χ4v) is 6.06. The fourth-order valence-electron chi connectivity index (χ4n) is 3.66. The molecule has 0 aliphatic carbocycles. The Morgan fingerprint density at radius 2 is 1.51 bits per heavy atom. The van der Waals surface area contributed by atoms with Crippen LogP contribution in [-0.4, -0.2) is 26.8 Å². The first kappa shape index (κ1) is 24.4. The molecule has 0 radical (unpaired) electrons. The highest BCUT2D eigenvalue weighted by Gasteiger charge is 2.24. The lowest BCUT2D eigenvalue weighted by Gasteiger charge is -2.23. The number of carbonyl (C=O) groups is 2. The number of hydrogen-bond acceptors (Lipinski definition) is 5. The first-order valence-electron chi connectivity index (χ1n) is 11.0. The number of nitrogens with zero attached hydrogens (tertiary/aromatic N) is 1. The summed E-state index contributed by atoms with van der Waals surface area (Å²) in [4.78, 5) is 24.7. The molecule has 0 spiro atoms. The highest BCUT2D eigenvalue weighted by atomic mass is 32.2. The van der Waals surface area contributed by atoms with Crippen molar-refractivity contribution in [1.29, 1.82) is 0 Å². The molecule has 0 aliphatic heterocycles. The van der Waals surface area contributed by atoms with E-state index in [1.165, 1.54) is 22.6 Å². The molecule has 4 rings (SSSR count). The van der Waals surface area contributed by atoms with Crippen LogP contribution in [-0.2, 0) is 14.8 Å². The van der Waals surface area contributed by atoms with Crippen LogP contribution in [0.2, 0.25) is 0 Å². The summed E-state index contributed by atoms with van der Waals surface area (Å²) in [6.07, 6.45) is 0. The Labute approximate surface area is 208 Å². The zero-order valence-electron chi connectivity index (χ0n) is 19.5. The maximum absolute atomic E-state index is 13.3. The van der Waals surface area contributed by atoms with E-state index < -0.39 is 10.0 Å². The van der Waals surface area contributed by atoms with Gasteiger partial charge in [-0.25, -0.2) is 8.42 Å². The lowest BCUT2D eigenvalue weighted by Crippen LogP contribution is -2.30. The first-order chi connectivity index (χ1) is 16.7. The largest absolute Gasteiger partial charge is 0.326 e. The van der Waals surface area contributed by atoms with E-state index >= 15 is 0 Å². The molecule has 0 bridgehead atoms. The van der Waals surface area contributed by atoms with Gasteiger partial charge < -0.3 is 10.6 Å². The third-order valence-electron chi connectivity index (χ3n) is 5.37. The summed E-state index contributed by atoms with van der Waals surface area (Å²) < 4.78 is 28.7. The number of anilines is 3. The van der Waals surface area contributed by atoms with Gasteiger partial charge in [-0.3, -0.25) is 13.9 Å². The minimum absolute atomic E-state index is 0.167. The number of thiophene rings is 1. The van der Waals surface area contributed by atoms with Gasteiger partial charge in [0, 0.05) is 29.5 Å². The van der Waals surface area contributed by atoms with Gasteiger partial charge in [-0.15, -0.1) is 11.3 Å². The number of fused-ring (bicyclic) bond motifs is 1. The van der Waals surface area contributed by atoms with Crippen LogP contribution in [0, 0.1) is 6.92 Å². The minimum atomic E-state index is -3.72. The summed E-state index contributed by atoms with van der Waals surface area (Å²) in [6.45, 7) is 5.40. The van der Waals surface area contributed by atoms with Crippen LogP contribution >= 0.6 is 11.3 Å². The van der Waals surface area contributed by atoms with Crippen molar-refractivity contribution >= 4 is 60.3 Å². The number of aryl methyl sites for hydroxylation is 1. The molecule has 180 valence electrons. The predicted molar refractivity (Wildman–Crippen MR) is 142 cm³/mol. The maximum atomic E-state index is 13.3. The van der Waals surface area contributed by atoms with Gasteiger partial charge >= 0.3 is 0 Å². The molecule has 1 aromatic heterocycles.